The Morgan fingerprint density at radius 1 is 1.19 bits per heavy atom. The minimum Gasteiger partial charge on any atom is -0.207 e. The molecule has 0 aromatic heterocycles. The van der Waals surface area contributed by atoms with Crippen LogP contribution in [0.4, 0.5) is 4.39 Å². The summed E-state index contributed by atoms with van der Waals surface area (Å²) in [5.74, 6) is -0.182. The summed E-state index contributed by atoms with van der Waals surface area (Å²) in [7, 11) is 0. The Hall–Kier alpha value is -0.560. The van der Waals surface area contributed by atoms with Gasteiger partial charge in [0.2, 0.25) is 0 Å². The van der Waals surface area contributed by atoms with E-state index in [0.29, 0.717) is 0 Å². The lowest BCUT2D eigenvalue weighted by molar-refractivity contribution is 0.372. The normalized spacial score (nSPS) is 13.9. The van der Waals surface area contributed by atoms with Crippen LogP contribution in [0.1, 0.15) is 49.3 Å². The Bertz CT molecular complexity index is 354. The van der Waals surface area contributed by atoms with Crippen LogP contribution in [0.3, 0.4) is 0 Å². The molecule has 0 radical (unpaired) electrons. The van der Waals surface area contributed by atoms with E-state index in [1.54, 1.807) is 12.1 Å². The molecule has 1 aromatic rings. The molecule has 1 rings (SSSR count). The van der Waals surface area contributed by atoms with Gasteiger partial charge in [-0.3, -0.25) is 0 Å². The van der Waals surface area contributed by atoms with Gasteiger partial charge in [0.15, 0.2) is 0 Å². The van der Waals surface area contributed by atoms with Gasteiger partial charge in [0.25, 0.3) is 0 Å². The largest absolute Gasteiger partial charge is 0.207 e. The van der Waals surface area contributed by atoms with Gasteiger partial charge in [-0.15, -0.1) is 11.6 Å². The molecule has 90 valence electrons. The van der Waals surface area contributed by atoms with E-state index < -0.39 is 0 Å². The Morgan fingerprint density at radius 3 is 2.00 bits per heavy atom. The molecule has 1 unspecified atom stereocenters. The smallest absolute Gasteiger partial charge is 0.123 e. The number of hydrogen-bond donors (Lipinski definition) is 0. The van der Waals surface area contributed by atoms with Gasteiger partial charge < -0.3 is 0 Å². The second-order valence-electron chi connectivity index (χ2n) is 5.69. The van der Waals surface area contributed by atoms with E-state index in [2.05, 4.69) is 20.8 Å². The van der Waals surface area contributed by atoms with Crippen molar-refractivity contribution < 1.29 is 4.39 Å². The number of benzene rings is 1. The van der Waals surface area contributed by atoms with E-state index in [0.717, 1.165) is 23.1 Å². The number of hydrogen-bond acceptors (Lipinski definition) is 0. The van der Waals surface area contributed by atoms with Crippen LogP contribution >= 0.6 is 11.6 Å². The second kappa shape index (κ2) is 4.75. The highest BCUT2D eigenvalue weighted by Gasteiger charge is 2.21. The zero-order valence-electron chi connectivity index (χ0n) is 10.7. The number of halogens is 2. The maximum Gasteiger partial charge on any atom is 0.123 e. The summed E-state index contributed by atoms with van der Waals surface area (Å²) in [4.78, 5) is 0. The van der Waals surface area contributed by atoms with Gasteiger partial charge in [0, 0.05) is 0 Å². The van der Waals surface area contributed by atoms with Gasteiger partial charge in [0.1, 0.15) is 5.82 Å². The Balaban J connectivity index is 3.04. The van der Waals surface area contributed by atoms with Crippen LogP contribution in [0, 0.1) is 25.1 Å². The highest BCUT2D eigenvalue weighted by molar-refractivity contribution is 6.21. The number of aryl methyl sites for hydroxylation is 2. The van der Waals surface area contributed by atoms with Crippen LogP contribution in [0.25, 0.3) is 0 Å². The van der Waals surface area contributed by atoms with Crippen LogP contribution in [-0.4, -0.2) is 0 Å². The van der Waals surface area contributed by atoms with Crippen LogP contribution in [-0.2, 0) is 0 Å². The Kier molecular flexibility index (Phi) is 4.01. The molecule has 0 fully saturated rings. The lowest BCUT2D eigenvalue weighted by Gasteiger charge is -2.24. The maximum atomic E-state index is 13.2. The summed E-state index contributed by atoms with van der Waals surface area (Å²) >= 11 is 6.43. The van der Waals surface area contributed by atoms with Crippen molar-refractivity contribution in [3.63, 3.8) is 0 Å². The van der Waals surface area contributed by atoms with E-state index in [1.165, 1.54) is 0 Å². The van der Waals surface area contributed by atoms with Gasteiger partial charge in [-0.1, -0.05) is 20.8 Å². The zero-order chi connectivity index (χ0) is 12.5. The van der Waals surface area contributed by atoms with E-state index in [1.807, 2.05) is 13.8 Å². The molecule has 0 amide bonds. The molecule has 0 N–H and O–H groups in total. The third-order valence-corrected chi connectivity index (χ3v) is 3.04. The summed E-state index contributed by atoms with van der Waals surface area (Å²) < 4.78 is 13.2. The summed E-state index contributed by atoms with van der Waals surface area (Å²) in [6, 6.07) is 3.11. The van der Waals surface area contributed by atoms with Crippen molar-refractivity contribution in [1.82, 2.24) is 0 Å². The van der Waals surface area contributed by atoms with Crippen LogP contribution in [0.5, 0.6) is 0 Å². The SMILES string of the molecule is Cc1cc(F)cc(C)c1C(Cl)CC(C)(C)C. The fourth-order valence-corrected chi connectivity index (χ4v) is 2.86. The second-order valence-corrected chi connectivity index (χ2v) is 6.21. The van der Waals surface area contributed by atoms with Gasteiger partial charge in [0.05, 0.1) is 5.38 Å². The first-order valence-electron chi connectivity index (χ1n) is 5.61. The molecule has 1 aromatic carbocycles. The average Bonchev–Trinajstić information content (AvgIpc) is 1.96. The van der Waals surface area contributed by atoms with Crippen molar-refractivity contribution in [1.29, 1.82) is 0 Å². The van der Waals surface area contributed by atoms with Crippen molar-refractivity contribution in [3.8, 4) is 0 Å². The topological polar surface area (TPSA) is 0 Å². The van der Waals surface area contributed by atoms with Crippen molar-refractivity contribution in [2.45, 2.75) is 46.4 Å². The molecule has 0 spiro atoms. The minimum atomic E-state index is -0.182. The summed E-state index contributed by atoms with van der Waals surface area (Å²) in [6.45, 7) is 10.3. The first kappa shape index (κ1) is 13.5. The van der Waals surface area contributed by atoms with Crippen LogP contribution in [0.15, 0.2) is 12.1 Å². The molecule has 0 nitrogen and oxygen atoms in total. The van der Waals surface area contributed by atoms with Crippen LogP contribution in [0.2, 0.25) is 0 Å². The maximum absolute atomic E-state index is 13.2. The molecular weight excluding hydrogens is 223 g/mol. The van der Waals surface area contributed by atoms with E-state index in [9.17, 15) is 4.39 Å². The molecule has 16 heavy (non-hydrogen) atoms. The van der Waals surface area contributed by atoms with E-state index in [4.69, 9.17) is 11.6 Å². The Labute approximate surface area is 103 Å². The fourth-order valence-electron chi connectivity index (χ4n) is 2.06. The summed E-state index contributed by atoms with van der Waals surface area (Å²) in [6.07, 6.45) is 0.891. The van der Waals surface area contributed by atoms with Crippen molar-refractivity contribution in [3.05, 3.63) is 34.6 Å². The third-order valence-electron chi connectivity index (χ3n) is 2.66. The number of rotatable bonds is 2. The first-order valence-corrected chi connectivity index (χ1v) is 6.05. The average molecular weight is 243 g/mol. The van der Waals surface area contributed by atoms with Gasteiger partial charge in [-0.25, -0.2) is 4.39 Å². The summed E-state index contributed by atoms with van der Waals surface area (Å²) in [5.41, 5.74) is 3.15. The monoisotopic (exact) mass is 242 g/mol. The molecule has 2 heteroatoms. The van der Waals surface area contributed by atoms with Crippen molar-refractivity contribution in [2.75, 3.05) is 0 Å². The fraction of sp³-hybridized carbons (Fsp3) is 0.571. The van der Waals surface area contributed by atoms with Gasteiger partial charge in [-0.2, -0.15) is 0 Å². The van der Waals surface area contributed by atoms with Crippen molar-refractivity contribution in [2.24, 2.45) is 5.41 Å². The first-order chi connectivity index (χ1) is 7.20. The highest BCUT2D eigenvalue weighted by atomic mass is 35.5. The zero-order valence-corrected chi connectivity index (χ0v) is 11.5. The Morgan fingerprint density at radius 2 is 1.62 bits per heavy atom. The lowest BCUT2D eigenvalue weighted by atomic mass is 9.86. The van der Waals surface area contributed by atoms with E-state index in [-0.39, 0.29) is 16.6 Å². The van der Waals surface area contributed by atoms with E-state index >= 15 is 0 Å². The molecule has 0 aliphatic rings. The molecular formula is C14H20ClF. The van der Waals surface area contributed by atoms with Crippen molar-refractivity contribution >= 4 is 11.6 Å². The third kappa shape index (κ3) is 3.48. The quantitative estimate of drug-likeness (QED) is 0.629. The molecule has 0 saturated carbocycles. The van der Waals surface area contributed by atoms with Crippen LogP contribution < -0.4 is 0 Å². The standard InChI is InChI=1S/C14H20ClF/c1-9-6-11(16)7-10(2)13(9)12(15)8-14(3,4)5/h6-7,12H,8H2,1-5H3. The molecule has 0 aliphatic heterocycles. The minimum absolute atomic E-state index is 0.0411. The highest BCUT2D eigenvalue weighted by Crippen LogP contribution is 2.37. The lowest BCUT2D eigenvalue weighted by Crippen LogP contribution is -2.10. The molecule has 0 bridgehead atoms. The molecule has 0 heterocycles. The predicted molar refractivity (Wildman–Crippen MR) is 68.5 cm³/mol. The summed E-state index contributed by atoms with van der Waals surface area (Å²) in [5, 5.41) is -0.0411. The number of alkyl halides is 1. The molecule has 1 atom stereocenters. The molecule has 0 saturated heterocycles. The van der Waals surface area contributed by atoms with Gasteiger partial charge in [-0.05, 0) is 54.5 Å². The van der Waals surface area contributed by atoms with Gasteiger partial charge >= 0.3 is 0 Å². The molecule has 0 aliphatic carbocycles. The predicted octanol–water partition coefficient (Wildman–Crippen LogP) is 5.16.